The highest BCUT2D eigenvalue weighted by Crippen LogP contribution is 2.32. The van der Waals surface area contributed by atoms with Gasteiger partial charge in [-0.3, -0.25) is 9.59 Å². The molecule has 2 aromatic rings. The minimum absolute atomic E-state index is 0.0639. The van der Waals surface area contributed by atoms with Gasteiger partial charge in [0.1, 0.15) is 5.75 Å². The van der Waals surface area contributed by atoms with Gasteiger partial charge in [0.15, 0.2) is 6.10 Å². The molecule has 1 heterocycles. The molecule has 0 radical (unpaired) electrons. The van der Waals surface area contributed by atoms with Crippen molar-refractivity contribution < 1.29 is 14.3 Å². The zero-order valence-corrected chi connectivity index (χ0v) is 16.6. The molecule has 0 spiro atoms. The second-order valence-electron chi connectivity index (χ2n) is 6.47. The molecule has 1 saturated heterocycles. The Labute approximate surface area is 168 Å². The topological polar surface area (TPSA) is 58.6 Å². The summed E-state index contributed by atoms with van der Waals surface area (Å²) in [4.78, 5) is 26.0. The van der Waals surface area contributed by atoms with Gasteiger partial charge in [-0.2, -0.15) is 0 Å². The third-order valence-electron chi connectivity index (χ3n) is 4.39. The summed E-state index contributed by atoms with van der Waals surface area (Å²) in [6.45, 7) is 4.20. The Balaban J connectivity index is 1.66. The highest BCUT2D eigenvalue weighted by atomic mass is 35.5. The number of benzene rings is 2. The SMILES string of the molecule is Cc1cc(Cl)ccc1OC(C)C(=O)Nc1ccc(N2CCCC2=O)c(Cl)c1. The molecule has 7 heteroatoms. The second-order valence-corrected chi connectivity index (χ2v) is 7.32. The summed E-state index contributed by atoms with van der Waals surface area (Å²) in [5.74, 6) is 0.363. The number of halogens is 2. The number of nitrogens with one attached hydrogen (secondary N) is 1. The number of anilines is 2. The largest absolute Gasteiger partial charge is 0.481 e. The molecule has 2 aromatic carbocycles. The first-order valence-corrected chi connectivity index (χ1v) is 9.44. The second kappa shape index (κ2) is 8.19. The Morgan fingerprint density at radius 3 is 2.63 bits per heavy atom. The van der Waals surface area contributed by atoms with E-state index in [9.17, 15) is 9.59 Å². The lowest BCUT2D eigenvalue weighted by Gasteiger charge is -2.19. The van der Waals surface area contributed by atoms with Crippen LogP contribution >= 0.6 is 23.2 Å². The van der Waals surface area contributed by atoms with Crippen LogP contribution in [0.5, 0.6) is 5.75 Å². The zero-order chi connectivity index (χ0) is 19.6. The van der Waals surface area contributed by atoms with Crippen LogP contribution < -0.4 is 15.0 Å². The fourth-order valence-corrected chi connectivity index (χ4v) is 3.45. The van der Waals surface area contributed by atoms with E-state index in [-0.39, 0.29) is 11.8 Å². The van der Waals surface area contributed by atoms with Crippen molar-refractivity contribution in [3.05, 3.63) is 52.0 Å². The van der Waals surface area contributed by atoms with Gasteiger partial charge in [0.05, 0.1) is 10.7 Å². The maximum Gasteiger partial charge on any atom is 0.265 e. The van der Waals surface area contributed by atoms with E-state index in [1.54, 1.807) is 48.2 Å². The average molecular weight is 407 g/mol. The molecule has 1 fully saturated rings. The van der Waals surface area contributed by atoms with Gasteiger partial charge in [0.25, 0.3) is 5.91 Å². The van der Waals surface area contributed by atoms with Crippen LogP contribution in [0.4, 0.5) is 11.4 Å². The highest BCUT2D eigenvalue weighted by molar-refractivity contribution is 6.34. The predicted molar refractivity (Wildman–Crippen MR) is 108 cm³/mol. The van der Waals surface area contributed by atoms with Crippen LogP contribution in [0.1, 0.15) is 25.3 Å². The Morgan fingerprint density at radius 2 is 2.00 bits per heavy atom. The maximum atomic E-state index is 12.4. The van der Waals surface area contributed by atoms with Crippen molar-refractivity contribution in [2.75, 3.05) is 16.8 Å². The van der Waals surface area contributed by atoms with Gasteiger partial charge in [-0.1, -0.05) is 23.2 Å². The lowest BCUT2D eigenvalue weighted by atomic mass is 10.2. The van der Waals surface area contributed by atoms with Gasteiger partial charge in [-0.05, 0) is 62.2 Å². The zero-order valence-electron chi connectivity index (χ0n) is 15.1. The van der Waals surface area contributed by atoms with Crippen LogP contribution in [0.15, 0.2) is 36.4 Å². The van der Waals surface area contributed by atoms with Crippen molar-refractivity contribution in [3.8, 4) is 5.75 Å². The molecule has 0 aliphatic carbocycles. The summed E-state index contributed by atoms with van der Waals surface area (Å²) >= 11 is 12.2. The van der Waals surface area contributed by atoms with E-state index in [4.69, 9.17) is 27.9 Å². The molecule has 1 aliphatic heterocycles. The van der Waals surface area contributed by atoms with Crippen LogP contribution in [0.25, 0.3) is 0 Å². The van der Waals surface area contributed by atoms with E-state index < -0.39 is 6.10 Å². The Morgan fingerprint density at radius 1 is 1.22 bits per heavy atom. The number of hydrogen-bond donors (Lipinski definition) is 1. The third kappa shape index (κ3) is 4.54. The third-order valence-corrected chi connectivity index (χ3v) is 4.93. The summed E-state index contributed by atoms with van der Waals surface area (Å²) in [6, 6.07) is 10.3. The minimum atomic E-state index is -0.705. The van der Waals surface area contributed by atoms with Gasteiger partial charge in [-0.25, -0.2) is 0 Å². The summed E-state index contributed by atoms with van der Waals surface area (Å²) in [6.07, 6.45) is 0.656. The molecule has 0 saturated carbocycles. The Kier molecular flexibility index (Phi) is 5.92. The summed E-state index contributed by atoms with van der Waals surface area (Å²) < 4.78 is 5.73. The summed E-state index contributed by atoms with van der Waals surface area (Å²) in [7, 11) is 0. The van der Waals surface area contributed by atoms with Crippen molar-refractivity contribution >= 4 is 46.4 Å². The van der Waals surface area contributed by atoms with Crippen molar-refractivity contribution in [2.45, 2.75) is 32.8 Å². The number of ether oxygens (including phenoxy) is 1. The van der Waals surface area contributed by atoms with Gasteiger partial charge >= 0.3 is 0 Å². The van der Waals surface area contributed by atoms with E-state index in [0.29, 0.717) is 40.1 Å². The van der Waals surface area contributed by atoms with Crippen LogP contribution in [0.2, 0.25) is 10.0 Å². The molecule has 27 heavy (non-hydrogen) atoms. The van der Waals surface area contributed by atoms with Crippen LogP contribution in [0, 0.1) is 6.92 Å². The van der Waals surface area contributed by atoms with Crippen molar-refractivity contribution in [3.63, 3.8) is 0 Å². The number of carbonyl (C=O) groups excluding carboxylic acids is 2. The first kappa shape index (κ1) is 19.5. The molecule has 0 aromatic heterocycles. The van der Waals surface area contributed by atoms with E-state index >= 15 is 0 Å². The smallest absolute Gasteiger partial charge is 0.265 e. The molecule has 2 amide bonds. The van der Waals surface area contributed by atoms with Crippen molar-refractivity contribution in [1.82, 2.24) is 0 Å². The lowest BCUT2D eigenvalue weighted by Crippen LogP contribution is -2.30. The predicted octanol–water partition coefficient (Wildman–Crippen LogP) is 4.83. The number of nitrogens with zero attached hydrogens (tertiary/aromatic N) is 1. The fourth-order valence-electron chi connectivity index (χ4n) is 2.94. The van der Waals surface area contributed by atoms with Crippen LogP contribution in [-0.4, -0.2) is 24.5 Å². The van der Waals surface area contributed by atoms with Gasteiger partial charge in [0.2, 0.25) is 5.91 Å². The molecule has 142 valence electrons. The Bertz CT molecular complexity index is 886. The molecule has 1 atom stereocenters. The first-order chi connectivity index (χ1) is 12.8. The van der Waals surface area contributed by atoms with E-state index in [1.807, 2.05) is 6.92 Å². The monoisotopic (exact) mass is 406 g/mol. The molecule has 1 aliphatic rings. The van der Waals surface area contributed by atoms with Gasteiger partial charge in [-0.15, -0.1) is 0 Å². The van der Waals surface area contributed by atoms with E-state index in [0.717, 1.165) is 12.0 Å². The minimum Gasteiger partial charge on any atom is -0.481 e. The van der Waals surface area contributed by atoms with Crippen molar-refractivity contribution in [2.24, 2.45) is 0 Å². The van der Waals surface area contributed by atoms with Crippen LogP contribution in [0.3, 0.4) is 0 Å². The number of aryl methyl sites for hydroxylation is 1. The molecule has 1 N–H and O–H groups in total. The lowest BCUT2D eigenvalue weighted by molar-refractivity contribution is -0.122. The van der Waals surface area contributed by atoms with Gasteiger partial charge < -0.3 is 15.0 Å². The number of carbonyl (C=O) groups is 2. The molecule has 1 unspecified atom stereocenters. The van der Waals surface area contributed by atoms with E-state index in [2.05, 4.69) is 5.32 Å². The van der Waals surface area contributed by atoms with E-state index in [1.165, 1.54) is 0 Å². The number of hydrogen-bond acceptors (Lipinski definition) is 3. The van der Waals surface area contributed by atoms with Gasteiger partial charge in [0, 0.05) is 23.7 Å². The Hall–Kier alpha value is -2.24. The quantitative estimate of drug-likeness (QED) is 0.772. The number of rotatable bonds is 5. The van der Waals surface area contributed by atoms with Crippen LogP contribution in [-0.2, 0) is 9.59 Å². The molecular weight excluding hydrogens is 387 g/mol. The fraction of sp³-hybridized carbons (Fsp3) is 0.300. The normalized spacial score (nSPS) is 15.0. The standard InChI is InChI=1S/C20H20Cl2N2O3/c1-12-10-14(21)5-8-18(12)27-13(2)20(26)23-15-6-7-17(16(22)11-15)24-9-3-4-19(24)25/h5-8,10-11,13H,3-4,9H2,1-2H3,(H,23,26). The maximum absolute atomic E-state index is 12.4. The molecular formula is C20H20Cl2N2O3. The molecule has 5 nitrogen and oxygen atoms in total. The number of amides is 2. The summed E-state index contributed by atoms with van der Waals surface area (Å²) in [5, 5.41) is 3.82. The average Bonchev–Trinajstić information content (AvgIpc) is 3.03. The molecule has 3 rings (SSSR count). The van der Waals surface area contributed by atoms with Crippen molar-refractivity contribution in [1.29, 1.82) is 0 Å². The first-order valence-electron chi connectivity index (χ1n) is 8.69. The molecule has 0 bridgehead atoms. The summed E-state index contributed by atoms with van der Waals surface area (Å²) in [5.41, 5.74) is 2.06. The highest BCUT2D eigenvalue weighted by Gasteiger charge is 2.24.